The van der Waals surface area contributed by atoms with Crippen molar-refractivity contribution in [3.05, 3.63) is 59.1 Å². The normalized spacial score (nSPS) is 12.2. The maximum atomic E-state index is 9.91. The van der Waals surface area contributed by atoms with E-state index in [4.69, 9.17) is 16.3 Å². The molecule has 0 spiro atoms. The van der Waals surface area contributed by atoms with Crippen LogP contribution >= 0.6 is 23.4 Å². The molecule has 0 aliphatic rings. The predicted molar refractivity (Wildman–Crippen MR) is 84.9 cm³/mol. The van der Waals surface area contributed by atoms with E-state index < -0.39 is 6.10 Å². The molecule has 106 valence electrons. The SMILES string of the molecule is Cc1ccc(OCC(O)CSc2ccc(Cl)cc2)cc1. The van der Waals surface area contributed by atoms with E-state index >= 15 is 0 Å². The monoisotopic (exact) mass is 308 g/mol. The van der Waals surface area contributed by atoms with Gasteiger partial charge in [-0.05, 0) is 43.3 Å². The number of rotatable bonds is 6. The van der Waals surface area contributed by atoms with Crippen LogP contribution in [0.25, 0.3) is 0 Å². The number of aryl methyl sites for hydroxylation is 1. The van der Waals surface area contributed by atoms with Crippen molar-refractivity contribution < 1.29 is 9.84 Å². The molecule has 1 atom stereocenters. The first-order valence-electron chi connectivity index (χ1n) is 6.39. The van der Waals surface area contributed by atoms with Crippen molar-refractivity contribution in [1.29, 1.82) is 0 Å². The highest BCUT2D eigenvalue weighted by atomic mass is 35.5. The van der Waals surface area contributed by atoms with Crippen LogP contribution in [0, 0.1) is 6.92 Å². The van der Waals surface area contributed by atoms with Crippen molar-refractivity contribution in [2.45, 2.75) is 17.9 Å². The highest BCUT2D eigenvalue weighted by Gasteiger charge is 2.06. The van der Waals surface area contributed by atoms with E-state index in [1.807, 2.05) is 55.5 Å². The number of hydrogen-bond acceptors (Lipinski definition) is 3. The molecular formula is C16H17ClO2S. The molecule has 20 heavy (non-hydrogen) atoms. The molecule has 0 aliphatic carbocycles. The lowest BCUT2D eigenvalue weighted by Gasteiger charge is -2.12. The minimum absolute atomic E-state index is 0.295. The van der Waals surface area contributed by atoms with Crippen LogP contribution in [0.3, 0.4) is 0 Å². The van der Waals surface area contributed by atoms with Gasteiger partial charge in [-0.1, -0.05) is 29.3 Å². The Morgan fingerprint density at radius 1 is 1.10 bits per heavy atom. The molecule has 0 aliphatic heterocycles. The van der Waals surface area contributed by atoms with Crippen LogP contribution < -0.4 is 4.74 Å². The van der Waals surface area contributed by atoms with E-state index in [-0.39, 0.29) is 0 Å². The van der Waals surface area contributed by atoms with Crippen molar-refractivity contribution >= 4 is 23.4 Å². The molecule has 2 nitrogen and oxygen atoms in total. The molecular weight excluding hydrogens is 292 g/mol. The Morgan fingerprint density at radius 2 is 1.75 bits per heavy atom. The average Bonchev–Trinajstić information content (AvgIpc) is 2.46. The van der Waals surface area contributed by atoms with E-state index in [1.165, 1.54) is 5.56 Å². The third-order valence-corrected chi connectivity index (χ3v) is 4.13. The van der Waals surface area contributed by atoms with Crippen LogP contribution in [0.5, 0.6) is 5.75 Å². The number of halogens is 1. The van der Waals surface area contributed by atoms with Crippen LogP contribution in [0.4, 0.5) is 0 Å². The van der Waals surface area contributed by atoms with Gasteiger partial charge in [-0.3, -0.25) is 0 Å². The molecule has 0 saturated carbocycles. The fourth-order valence-electron chi connectivity index (χ4n) is 1.60. The number of thioether (sulfide) groups is 1. The van der Waals surface area contributed by atoms with Gasteiger partial charge in [0.1, 0.15) is 12.4 Å². The lowest BCUT2D eigenvalue weighted by molar-refractivity contribution is 0.126. The van der Waals surface area contributed by atoms with Crippen molar-refractivity contribution in [2.75, 3.05) is 12.4 Å². The summed E-state index contributed by atoms with van der Waals surface area (Å²) in [6.07, 6.45) is -0.503. The zero-order valence-electron chi connectivity index (χ0n) is 11.3. The smallest absolute Gasteiger partial charge is 0.119 e. The lowest BCUT2D eigenvalue weighted by Crippen LogP contribution is -2.20. The van der Waals surface area contributed by atoms with Crippen molar-refractivity contribution in [1.82, 2.24) is 0 Å². The summed E-state index contributed by atoms with van der Waals surface area (Å²) < 4.78 is 5.55. The highest BCUT2D eigenvalue weighted by molar-refractivity contribution is 7.99. The largest absolute Gasteiger partial charge is 0.491 e. The molecule has 0 amide bonds. The molecule has 0 fully saturated rings. The second-order valence-corrected chi connectivity index (χ2v) is 6.07. The summed E-state index contributed by atoms with van der Waals surface area (Å²) >= 11 is 7.41. The summed E-state index contributed by atoms with van der Waals surface area (Å²) in [6.45, 7) is 2.32. The fourth-order valence-corrected chi connectivity index (χ4v) is 2.53. The van der Waals surface area contributed by atoms with Crippen molar-refractivity contribution in [3.8, 4) is 5.75 Å². The first-order chi connectivity index (χ1) is 9.63. The van der Waals surface area contributed by atoms with Gasteiger partial charge in [-0.2, -0.15) is 0 Å². The molecule has 0 radical (unpaired) electrons. The van der Waals surface area contributed by atoms with Gasteiger partial charge in [0.25, 0.3) is 0 Å². The van der Waals surface area contributed by atoms with Crippen LogP contribution in [0.15, 0.2) is 53.4 Å². The second-order valence-electron chi connectivity index (χ2n) is 4.54. The Morgan fingerprint density at radius 3 is 2.40 bits per heavy atom. The Hall–Kier alpha value is -1.16. The third-order valence-electron chi connectivity index (χ3n) is 2.72. The number of hydrogen-bond donors (Lipinski definition) is 1. The van der Waals surface area contributed by atoms with Crippen LogP contribution in [0.2, 0.25) is 5.02 Å². The first kappa shape index (κ1) is 15.2. The maximum absolute atomic E-state index is 9.91. The quantitative estimate of drug-likeness (QED) is 0.812. The summed E-state index contributed by atoms with van der Waals surface area (Å²) in [5, 5.41) is 10.6. The number of ether oxygens (including phenoxy) is 1. The Bertz CT molecular complexity index is 476. The average molecular weight is 309 g/mol. The van der Waals surface area contributed by atoms with Crippen LogP contribution in [-0.4, -0.2) is 23.6 Å². The topological polar surface area (TPSA) is 29.5 Å². The van der Waals surface area contributed by atoms with Gasteiger partial charge in [-0.25, -0.2) is 0 Å². The summed E-state index contributed by atoms with van der Waals surface area (Å²) in [6, 6.07) is 15.4. The molecule has 2 aromatic rings. The van der Waals surface area contributed by atoms with Gasteiger partial charge in [0.15, 0.2) is 0 Å². The Balaban J connectivity index is 1.73. The molecule has 4 heteroatoms. The van der Waals surface area contributed by atoms with Gasteiger partial charge >= 0.3 is 0 Å². The Labute approximate surface area is 128 Å². The van der Waals surface area contributed by atoms with Gasteiger partial charge < -0.3 is 9.84 Å². The van der Waals surface area contributed by atoms with Crippen LogP contribution in [-0.2, 0) is 0 Å². The van der Waals surface area contributed by atoms with Gasteiger partial charge in [0.2, 0.25) is 0 Å². The second kappa shape index (κ2) is 7.58. The van der Waals surface area contributed by atoms with Gasteiger partial charge in [-0.15, -0.1) is 11.8 Å². The van der Waals surface area contributed by atoms with Crippen molar-refractivity contribution in [3.63, 3.8) is 0 Å². The molecule has 0 bridgehead atoms. The molecule has 2 rings (SSSR count). The van der Waals surface area contributed by atoms with Crippen LogP contribution in [0.1, 0.15) is 5.56 Å². The van der Waals surface area contributed by atoms with Gasteiger partial charge in [0.05, 0.1) is 6.10 Å². The van der Waals surface area contributed by atoms with E-state index in [2.05, 4.69) is 0 Å². The lowest BCUT2D eigenvalue weighted by atomic mass is 10.2. The van der Waals surface area contributed by atoms with E-state index in [9.17, 15) is 5.11 Å². The molecule has 2 aromatic carbocycles. The first-order valence-corrected chi connectivity index (χ1v) is 7.76. The summed E-state index contributed by atoms with van der Waals surface area (Å²) in [7, 11) is 0. The third kappa shape index (κ3) is 5.08. The van der Waals surface area contributed by atoms with E-state index in [0.29, 0.717) is 12.4 Å². The maximum Gasteiger partial charge on any atom is 0.119 e. The standard InChI is InChI=1S/C16H17ClO2S/c1-12-2-6-15(7-3-12)19-10-14(18)11-20-16-8-4-13(17)5-9-16/h2-9,14,18H,10-11H2,1H3. The highest BCUT2D eigenvalue weighted by Crippen LogP contribution is 2.21. The van der Waals surface area contributed by atoms with E-state index in [0.717, 1.165) is 15.7 Å². The van der Waals surface area contributed by atoms with Crippen molar-refractivity contribution in [2.24, 2.45) is 0 Å². The van der Waals surface area contributed by atoms with Gasteiger partial charge in [0, 0.05) is 15.7 Å². The summed E-state index contributed by atoms with van der Waals surface area (Å²) in [5.74, 6) is 1.37. The minimum atomic E-state index is -0.503. The summed E-state index contributed by atoms with van der Waals surface area (Å²) in [4.78, 5) is 1.09. The number of benzene rings is 2. The van der Waals surface area contributed by atoms with E-state index in [1.54, 1.807) is 11.8 Å². The molecule has 0 heterocycles. The number of aliphatic hydroxyl groups excluding tert-OH is 1. The Kier molecular flexibility index (Phi) is 5.77. The minimum Gasteiger partial charge on any atom is -0.491 e. The number of aliphatic hydroxyl groups is 1. The molecule has 1 unspecified atom stereocenters. The molecule has 1 N–H and O–H groups in total. The summed E-state index contributed by atoms with van der Waals surface area (Å²) in [5.41, 5.74) is 1.19. The zero-order chi connectivity index (χ0) is 14.4. The fraction of sp³-hybridized carbons (Fsp3) is 0.250. The zero-order valence-corrected chi connectivity index (χ0v) is 12.8. The molecule has 0 aromatic heterocycles. The molecule has 0 saturated heterocycles. The predicted octanol–water partition coefficient (Wildman–Crippen LogP) is 4.18.